The molecular formula is C60H43N. The minimum atomic E-state index is -0.262. The van der Waals surface area contributed by atoms with Gasteiger partial charge in [0.15, 0.2) is 0 Å². The van der Waals surface area contributed by atoms with Crippen LogP contribution in [0.25, 0.3) is 66.4 Å². The van der Waals surface area contributed by atoms with Crippen LogP contribution in [0.15, 0.2) is 243 Å². The van der Waals surface area contributed by atoms with E-state index in [0.717, 1.165) is 17.1 Å². The molecule has 0 bridgehead atoms. The highest BCUT2D eigenvalue weighted by Gasteiger charge is 2.41. The molecule has 1 aliphatic rings. The number of fused-ring (bicyclic) bond motifs is 4. The SMILES string of the molecule is CC1(c2ccccc2)c2ccccc2-c2c(-c3cccc(N(c4ccc(-c5ccc(-c6ccccc6)cc5)cc4)c4ccc(-c5cccc6ccccc56)cc4)c3)cccc21. The lowest BCUT2D eigenvalue weighted by molar-refractivity contribution is 0.714. The summed E-state index contributed by atoms with van der Waals surface area (Å²) < 4.78 is 0. The van der Waals surface area contributed by atoms with Gasteiger partial charge in [-0.05, 0) is 126 Å². The summed E-state index contributed by atoms with van der Waals surface area (Å²) in [5, 5.41) is 2.51. The molecule has 0 radical (unpaired) electrons. The normalized spacial score (nSPS) is 14.0. The van der Waals surface area contributed by atoms with Crippen molar-refractivity contribution in [1.29, 1.82) is 0 Å². The fourth-order valence-corrected chi connectivity index (χ4v) is 9.68. The van der Waals surface area contributed by atoms with Crippen LogP contribution >= 0.6 is 0 Å². The summed E-state index contributed by atoms with van der Waals surface area (Å²) in [6.45, 7) is 2.39. The number of hydrogen-bond acceptors (Lipinski definition) is 1. The molecule has 0 fully saturated rings. The summed E-state index contributed by atoms with van der Waals surface area (Å²) >= 11 is 0. The first-order valence-electron chi connectivity index (χ1n) is 21.2. The van der Waals surface area contributed by atoms with Gasteiger partial charge in [0, 0.05) is 22.5 Å². The molecule has 0 heterocycles. The summed E-state index contributed by atoms with van der Waals surface area (Å²) in [5.74, 6) is 0. The van der Waals surface area contributed by atoms with Gasteiger partial charge in [0.05, 0.1) is 0 Å². The molecule has 10 aromatic carbocycles. The third-order valence-corrected chi connectivity index (χ3v) is 12.8. The molecule has 0 aromatic heterocycles. The van der Waals surface area contributed by atoms with E-state index in [1.165, 1.54) is 83.1 Å². The molecule has 1 atom stereocenters. The van der Waals surface area contributed by atoms with Crippen molar-refractivity contribution in [3.63, 3.8) is 0 Å². The van der Waals surface area contributed by atoms with Crippen LogP contribution in [0.5, 0.6) is 0 Å². The second-order valence-corrected chi connectivity index (χ2v) is 16.2. The topological polar surface area (TPSA) is 3.24 Å². The molecule has 288 valence electrons. The Balaban J connectivity index is 1.01. The number of benzene rings is 10. The Morgan fingerprint density at radius 3 is 1.51 bits per heavy atom. The Morgan fingerprint density at radius 1 is 0.311 bits per heavy atom. The van der Waals surface area contributed by atoms with Crippen LogP contribution in [0.4, 0.5) is 17.1 Å². The van der Waals surface area contributed by atoms with Crippen LogP contribution in [0, 0.1) is 0 Å². The van der Waals surface area contributed by atoms with Crippen molar-refractivity contribution in [2.45, 2.75) is 12.3 Å². The van der Waals surface area contributed by atoms with Gasteiger partial charge >= 0.3 is 0 Å². The van der Waals surface area contributed by atoms with Gasteiger partial charge in [0.25, 0.3) is 0 Å². The molecule has 0 amide bonds. The molecule has 1 nitrogen and oxygen atoms in total. The lowest BCUT2D eigenvalue weighted by Gasteiger charge is -2.28. The Labute approximate surface area is 358 Å². The van der Waals surface area contributed by atoms with Crippen LogP contribution in [0.1, 0.15) is 23.6 Å². The average Bonchev–Trinajstić information content (AvgIpc) is 3.61. The fourth-order valence-electron chi connectivity index (χ4n) is 9.68. The van der Waals surface area contributed by atoms with Gasteiger partial charge in [-0.1, -0.05) is 206 Å². The highest BCUT2D eigenvalue weighted by molar-refractivity contribution is 5.98. The maximum atomic E-state index is 2.39. The van der Waals surface area contributed by atoms with E-state index >= 15 is 0 Å². The largest absolute Gasteiger partial charge is 0.310 e. The van der Waals surface area contributed by atoms with E-state index in [9.17, 15) is 0 Å². The van der Waals surface area contributed by atoms with Crippen LogP contribution in [-0.4, -0.2) is 0 Å². The molecule has 0 aliphatic heterocycles. The van der Waals surface area contributed by atoms with Gasteiger partial charge in [-0.15, -0.1) is 0 Å². The van der Waals surface area contributed by atoms with Gasteiger partial charge in [-0.25, -0.2) is 0 Å². The van der Waals surface area contributed by atoms with Crippen molar-refractivity contribution in [2.75, 3.05) is 4.90 Å². The highest BCUT2D eigenvalue weighted by Crippen LogP contribution is 2.55. The summed E-state index contributed by atoms with van der Waals surface area (Å²) in [6.07, 6.45) is 0. The maximum Gasteiger partial charge on any atom is 0.0467 e. The maximum absolute atomic E-state index is 2.39. The van der Waals surface area contributed by atoms with E-state index in [2.05, 4.69) is 254 Å². The predicted molar refractivity (Wildman–Crippen MR) is 258 cm³/mol. The number of hydrogen-bond donors (Lipinski definition) is 0. The zero-order valence-corrected chi connectivity index (χ0v) is 34.0. The average molecular weight is 778 g/mol. The van der Waals surface area contributed by atoms with Crippen molar-refractivity contribution < 1.29 is 0 Å². The van der Waals surface area contributed by atoms with Crippen LogP contribution in [0.2, 0.25) is 0 Å². The first-order chi connectivity index (χ1) is 30.1. The fraction of sp³-hybridized carbons (Fsp3) is 0.0333. The van der Waals surface area contributed by atoms with E-state index < -0.39 is 0 Å². The van der Waals surface area contributed by atoms with E-state index in [0.29, 0.717) is 0 Å². The highest BCUT2D eigenvalue weighted by atomic mass is 15.1. The zero-order valence-electron chi connectivity index (χ0n) is 34.0. The smallest absolute Gasteiger partial charge is 0.0467 e. The molecule has 0 spiro atoms. The Bertz CT molecular complexity index is 3160. The molecule has 0 saturated carbocycles. The van der Waals surface area contributed by atoms with Gasteiger partial charge in [0.2, 0.25) is 0 Å². The van der Waals surface area contributed by atoms with Gasteiger partial charge in [0.1, 0.15) is 0 Å². The first-order valence-corrected chi connectivity index (χ1v) is 21.2. The van der Waals surface area contributed by atoms with Crippen LogP contribution in [-0.2, 0) is 5.41 Å². The molecule has 61 heavy (non-hydrogen) atoms. The quantitative estimate of drug-likeness (QED) is 0.149. The van der Waals surface area contributed by atoms with Crippen molar-refractivity contribution in [1.82, 2.24) is 0 Å². The Kier molecular flexibility index (Phi) is 9.02. The summed E-state index contributed by atoms with van der Waals surface area (Å²) in [4.78, 5) is 2.39. The minimum Gasteiger partial charge on any atom is -0.310 e. The monoisotopic (exact) mass is 777 g/mol. The third kappa shape index (κ3) is 6.34. The van der Waals surface area contributed by atoms with Gasteiger partial charge in [-0.2, -0.15) is 0 Å². The molecular weight excluding hydrogens is 735 g/mol. The Morgan fingerprint density at radius 2 is 0.787 bits per heavy atom. The Hall–Kier alpha value is -7.74. The summed E-state index contributed by atoms with van der Waals surface area (Å²) in [6, 6.07) is 88.6. The predicted octanol–water partition coefficient (Wildman–Crippen LogP) is 16.3. The minimum absolute atomic E-state index is 0.262. The van der Waals surface area contributed by atoms with E-state index in [4.69, 9.17) is 0 Å². The number of anilines is 3. The molecule has 10 aromatic rings. The summed E-state index contributed by atoms with van der Waals surface area (Å²) in [5.41, 5.74) is 19.3. The van der Waals surface area contributed by atoms with Crippen molar-refractivity contribution in [2.24, 2.45) is 0 Å². The molecule has 1 unspecified atom stereocenters. The molecule has 0 N–H and O–H groups in total. The lowest BCUT2D eigenvalue weighted by atomic mass is 9.74. The van der Waals surface area contributed by atoms with Crippen LogP contribution in [0.3, 0.4) is 0 Å². The second kappa shape index (κ2) is 15.1. The van der Waals surface area contributed by atoms with Crippen molar-refractivity contribution in [3.05, 3.63) is 259 Å². The lowest BCUT2D eigenvalue weighted by Crippen LogP contribution is -2.22. The van der Waals surface area contributed by atoms with Gasteiger partial charge < -0.3 is 4.90 Å². The van der Waals surface area contributed by atoms with Crippen molar-refractivity contribution >= 4 is 27.8 Å². The van der Waals surface area contributed by atoms with Crippen LogP contribution < -0.4 is 4.90 Å². The van der Waals surface area contributed by atoms with E-state index in [-0.39, 0.29) is 5.41 Å². The molecule has 1 heteroatoms. The van der Waals surface area contributed by atoms with E-state index in [1.54, 1.807) is 0 Å². The number of rotatable bonds is 8. The van der Waals surface area contributed by atoms with Crippen molar-refractivity contribution in [3.8, 4) is 55.6 Å². The number of nitrogens with zero attached hydrogens (tertiary/aromatic N) is 1. The van der Waals surface area contributed by atoms with E-state index in [1.807, 2.05) is 0 Å². The summed E-state index contributed by atoms with van der Waals surface area (Å²) in [7, 11) is 0. The van der Waals surface area contributed by atoms with Gasteiger partial charge in [-0.3, -0.25) is 0 Å². The molecule has 0 saturated heterocycles. The third-order valence-electron chi connectivity index (χ3n) is 12.8. The molecule has 11 rings (SSSR count). The molecule has 1 aliphatic carbocycles. The first kappa shape index (κ1) is 36.3. The zero-order chi connectivity index (χ0) is 40.8. The second-order valence-electron chi connectivity index (χ2n) is 16.2. The standard InChI is InChI=1S/C60H43N/c1-60(49-20-6-3-7-21-49)57-27-11-10-24-56(57)59-55(26-14-28-58(59)60)48-19-12-22-52(41-48)61(51-39-35-47(36-40-51)54-25-13-18-46-17-8-9-23-53(46)54)50-37-33-45(34-38-50)44-31-29-43(30-32-44)42-15-4-2-5-16-42/h2-41H,1H3.